The molecule has 0 bridgehead atoms. The lowest BCUT2D eigenvalue weighted by atomic mass is 10.1. The molecule has 5 nitrogen and oxygen atoms in total. The maximum Gasteiger partial charge on any atom is 0.164 e. The van der Waals surface area contributed by atoms with Crippen molar-refractivity contribution in [1.29, 1.82) is 0 Å². The lowest BCUT2D eigenvalue weighted by molar-refractivity contribution is 0.548. The number of benzene rings is 1. The highest BCUT2D eigenvalue weighted by Gasteiger charge is 2.17. The quantitative estimate of drug-likeness (QED) is 0.760. The van der Waals surface area contributed by atoms with Crippen LogP contribution >= 0.6 is 0 Å². The summed E-state index contributed by atoms with van der Waals surface area (Å²) in [6, 6.07) is 10.8. The molecule has 0 aliphatic heterocycles. The van der Waals surface area contributed by atoms with Crippen molar-refractivity contribution >= 4 is 16.9 Å². The van der Waals surface area contributed by atoms with E-state index in [9.17, 15) is 0 Å². The van der Waals surface area contributed by atoms with Crippen molar-refractivity contribution in [3.8, 4) is 11.3 Å². The first-order chi connectivity index (χ1) is 9.18. The van der Waals surface area contributed by atoms with Crippen molar-refractivity contribution in [3.05, 3.63) is 36.7 Å². The molecular formula is C14H14N5. The number of rotatable bonds is 2. The van der Waals surface area contributed by atoms with Crippen LogP contribution in [0.25, 0.3) is 22.3 Å². The Bertz CT molecular complexity index is 715. The zero-order valence-electron chi connectivity index (χ0n) is 10.8. The highest BCUT2D eigenvalue weighted by atomic mass is 15.3. The van der Waals surface area contributed by atoms with Crippen LogP contribution in [0.3, 0.4) is 0 Å². The molecule has 0 saturated heterocycles. The molecule has 5 heteroatoms. The minimum absolute atomic E-state index is 0.209. The first-order valence-corrected chi connectivity index (χ1v) is 6.13. The van der Waals surface area contributed by atoms with Gasteiger partial charge in [0, 0.05) is 11.6 Å². The van der Waals surface area contributed by atoms with Gasteiger partial charge in [-0.15, -0.1) is 0 Å². The Morgan fingerprint density at radius 3 is 2.63 bits per heavy atom. The van der Waals surface area contributed by atoms with E-state index >= 15 is 0 Å². The summed E-state index contributed by atoms with van der Waals surface area (Å²) < 4.78 is 1.87. The Labute approximate surface area is 111 Å². The molecule has 0 aliphatic carbocycles. The number of hydrogen-bond acceptors (Lipinski definition) is 4. The van der Waals surface area contributed by atoms with E-state index in [1.807, 2.05) is 28.9 Å². The molecule has 0 spiro atoms. The van der Waals surface area contributed by atoms with E-state index < -0.39 is 0 Å². The van der Waals surface area contributed by atoms with Crippen molar-refractivity contribution in [2.75, 3.05) is 5.73 Å². The second-order valence-electron chi connectivity index (χ2n) is 4.63. The first kappa shape index (κ1) is 11.6. The second kappa shape index (κ2) is 4.35. The summed E-state index contributed by atoms with van der Waals surface area (Å²) in [5.41, 5.74) is 8.57. The predicted octanol–water partition coefficient (Wildman–Crippen LogP) is 2.46. The normalized spacial score (nSPS) is 11.3. The zero-order valence-corrected chi connectivity index (χ0v) is 10.8. The third-order valence-electron chi connectivity index (χ3n) is 3.00. The summed E-state index contributed by atoms with van der Waals surface area (Å²) >= 11 is 0. The standard InChI is InChI=1S/C14H14N5/c1-9(2)19-14-11(13(15)16-8-17-14)12(18-19)10-6-4-3-5-7-10/h4-9H,1-2H3,(H2,15,16,17). The minimum Gasteiger partial charge on any atom is -0.383 e. The molecule has 2 aromatic heterocycles. The third kappa shape index (κ3) is 1.83. The van der Waals surface area contributed by atoms with Gasteiger partial charge in [-0.05, 0) is 19.9 Å². The first-order valence-electron chi connectivity index (χ1n) is 6.13. The third-order valence-corrected chi connectivity index (χ3v) is 3.00. The van der Waals surface area contributed by atoms with Gasteiger partial charge in [0.1, 0.15) is 17.8 Å². The summed E-state index contributed by atoms with van der Waals surface area (Å²) in [5, 5.41) is 5.45. The average molecular weight is 252 g/mol. The van der Waals surface area contributed by atoms with Gasteiger partial charge in [-0.2, -0.15) is 5.10 Å². The number of fused-ring (bicyclic) bond motifs is 1. The summed E-state index contributed by atoms with van der Waals surface area (Å²) in [7, 11) is 0. The smallest absolute Gasteiger partial charge is 0.164 e. The number of hydrogen-bond donors (Lipinski definition) is 1. The van der Waals surface area contributed by atoms with Crippen LogP contribution in [0.15, 0.2) is 30.6 Å². The van der Waals surface area contributed by atoms with E-state index in [0.717, 1.165) is 22.3 Å². The SMILES string of the molecule is CC(C)n1nc(-c2cc[c]cc2)c2c(N)ncnc21. The van der Waals surface area contributed by atoms with E-state index in [1.54, 1.807) is 0 Å². The molecule has 0 unspecified atom stereocenters. The lowest BCUT2D eigenvalue weighted by Gasteiger charge is -2.05. The number of nitrogens with zero attached hydrogens (tertiary/aromatic N) is 4. The molecule has 0 aliphatic rings. The molecule has 0 amide bonds. The maximum atomic E-state index is 6.00. The van der Waals surface area contributed by atoms with Gasteiger partial charge in [-0.25, -0.2) is 14.6 Å². The van der Waals surface area contributed by atoms with Crippen LogP contribution in [0.5, 0.6) is 0 Å². The molecule has 2 N–H and O–H groups in total. The molecule has 1 aromatic carbocycles. The van der Waals surface area contributed by atoms with Crippen LogP contribution in [0.1, 0.15) is 19.9 Å². The van der Waals surface area contributed by atoms with Crippen LogP contribution < -0.4 is 5.73 Å². The topological polar surface area (TPSA) is 69.6 Å². The van der Waals surface area contributed by atoms with Crippen LogP contribution in [0.2, 0.25) is 0 Å². The molecule has 0 saturated carbocycles. The van der Waals surface area contributed by atoms with E-state index in [-0.39, 0.29) is 6.04 Å². The Morgan fingerprint density at radius 2 is 1.95 bits per heavy atom. The van der Waals surface area contributed by atoms with E-state index in [1.165, 1.54) is 6.33 Å². The Morgan fingerprint density at radius 1 is 1.21 bits per heavy atom. The molecule has 3 rings (SSSR count). The van der Waals surface area contributed by atoms with Gasteiger partial charge < -0.3 is 5.73 Å². The monoisotopic (exact) mass is 252 g/mol. The fraction of sp³-hybridized carbons (Fsp3) is 0.214. The van der Waals surface area contributed by atoms with Crippen molar-refractivity contribution in [2.24, 2.45) is 0 Å². The van der Waals surface area contributed by atoms with Gasteiger partial charge in [0.15, 0.2) is 5.65 Å². The highest BCUT2D eigenvalue weighted by Crippen LogP contribution is 2.30. The molecule has 95 valence electrons. The van der Waals surface area contributed by atoms with Crippen molar-refractivity contribution in [3.63, 3.8) is 0 Å². The summed E-state index contributed by atoms with van der Waals surface area (Å²) in [6.07, 6.45) is 1.47. The molecule has 3 aromatic rings. The maximum absolute atomic E-state index is 6.00. The number of nitrogens with two attached hydrogens (primary N) is 1. The van der Waals surface area contributed by atoms with Gasteiger partial charge in [-0.1, -0.05) is 24.3 Å². The van der Waals surface area contributed by atoms with Crippen molar-refractivity contribution < 1.29 is 0 Å². The molecule has 19 heavy (non-hydrogen) atoms. The molecular weight excluding hydrogens is 238 g/mol. The van der Waals surface area contributed by atoms with Gasteiger partial charge in [-0.3, -0.25) is 0 Å². The summed E-state index contributed by atoms with van der Waals surface area (Å²) in [4.78, 5) is 8.38. The summed E-state index contributed by atoms with van der Waals surface area (Å²) in [6.45, 7) is 4.13. The van der Waals surface area contributed by atoms with Crippen LogP contribution in [-0.4, -0.2) is 19.7 Å². The van der Waals surface area contributed by atoms with Gasteiger partial charge in [0.25, 0.3) is 0 Å². The predicted molar refractivity (Wildman–Crippen MR) is 74.4 cm³/mol. The van der Waals surface area contributed by atoms with Crippen LogP contribution in [-0.2, 0) is 0 Å². The number of nitrogen functional groups attached to an aromatic ring is 1. The molecule has 2 heterocycles. The molecule has 0 fully saturated rings. The Balaban J connectivity index is 2.37. The van der Waals surface area contributed by atoms with Gasteiger partial charge in [0.05, 0.1) is 5.39 Å². The van der Waals surface area contributed by atoms with Gasteiger partial charge in [0.2, 0.25) is 0 Å². The average Bonchev–Trinajstić information content (AvgIpc) is 2.81. The van der Waals surface area contributed by atoms with E-state index in [2.05, 4.69) is 35.0 Å². The summed E-state index contributed by atoms with van der Waals surface area (Å²) in [5.74, 6) is 0.458. The second-order valence-corrected chi connectivity index (χ2v) is 4.63. The van der Waals surface area contributed by atoms with Crippen molar-refractivity contribution in [2.45, 2.75) is 19.9 Å². The van der Waals surface area contributed by atoms with Crippen LogP contribution in [0.4, 0.5) is 5.82 Å². The highest BCUT2D eigenvalue weighted by molar-refractivity contribution is 5.98. The lowest BCUT2D eigenvalue weighted by Crippen LogP contribution is -2.04. The Kier molecular flexibility index (Phi) is 2.67. The molecule has 1 radical (unpaired) electrons. The number of anilines is 1. The minimum atomic E-state index is 0.209. The van der Waals surface area contributed by atoms with Gasteiger partial charge >= 0.3 is 0 Å². The zero-order chi connectivity index (χ0) is 13.4. The molecule has 0 atom stereocenters. The fourth-order valence-electron chi connectivity index (χ4n) is 2.10. The largest absolute Gasteiger partial charge is 0.383 e. The van der Waals surface area contributed by atoms with E-state index in [0.29, 0.717) is 5.82 Å². The Hall–Kier alpha value is -2.43. The van der Waals surface area contributed by atoms with Crippen LogP contribution in [0, 0.1) is 6.07 Å². The fourth-order valence-corrected chi connectivity index (χ4v) is 2.10. The van der Waals surface area contributed by atoms with Crippen molar-refractivity contribution in [1.82, 2.24) is 19.7 Å². The number of aromatic nitrogens is 4. The van der Waals surface area contributed by atoms with E-state index in [4.69, 9.17) is 5.73 Å².